The Labute approximate surface area is 251 Å². The number of amides is 2. The molecule has 268 valence electrons. The fraction of sp³-hybridized carbons (Fsp3) is 0.750. The number of nitrogens with one attached hydrogen (secondary N) is 2. The van der Waals surface area contributed by atoms with Crippen LogP contribution in [-0.2, 0) is 59.3 Å². The molecule has 0 spiro atoms. The maximum absolute atomic E-state index is 13.6. The fourth-order valence-electron chi connectivity index (χ4n) is 3.00. The van der Waals surface area contributed by atoms with Crippen molar-refractivity contribution in [2.45, 2.75) is 47.2 Å². The van der Waals surface area contributed by atoms with Gasteiger partial charge in [0, 0.05) is 51.9 Å². The number of rotatable bonds is 8. The molecule has 2 fully saturated rings. The van der Waals surface area contributed by atoms with E-state index in [0.717, 1.165) is 0 Å². The van der Waals surface area contributed by atoms with Crippen LogP contribution in [0.3, 0.4) is 0 Å². The maximum Gasteiger partial charge on any atom is 0.512 e. The molecule has 0 aromatic carbocycles. The Balaban J connectivity index is 0.000000460. The maximum atomic E-state index is 13.6. The number of carbonyl (C=O) groups excluding carboxylic acids is 4. The van der Waals surface area contributed by atoms with E-state index in [4.69, 9.17) is 0 Å². The highest BCUT2D eigenvalue weighted by Crippen LogP contribution is 2.30. The number of hydrogen-bond donors (Lipinski definition) is 2. The summed E-state index contributed by atoms with van der Waals surface area (Å²) in [6, 6.07) is 0. The van der Waals surface area contributed by atoms with Gasteiger partial charge in [-0.05, 0) is 0 Å². The number of likely N-dealkylation sites (tertiary alicyclic amines) is 2. The number of hydrogen-bond acceptors (Lipinski definition) is 12. The predicted octanol–water partition coefficient (Wildman–Crippen LogP) is -0.921. The van der Waals surface area contributed by atoms with Gasteiger partial charge >= 0.3 is 73.4 Å². The summed E-state index contributed by atoms with van der Waals surface area (Å²) in [6.07, 6.45) is -1.35. The summed E-state index contributed by atoms with van der Waals surface area (Å²) in [4.78, 5) is 45.3. The van der Waals surface area contributed by atoms with Crippen molar-refractivity contribution in [2.75, 3.05) is 26.2 Å². The Bertz CT molecular complexity index is 1530. The second kappa shape index (κ2) is 13.4. The van der Waals surface area contributed by atoms with E-state index in [1.165, 1.54) is 0 Å². The lowest BCUT2D eigenvalue weighted by atomic mass is 10.1. The highest BCUT2D eigenvalue weighted by molar-refractivity contribution is 8.06. The van der Waals surface area contributed by atoms with Crippen LogP contribution >= 0.6 is 0 Å². The lowest BCUT2D eigenvalue weighted by Crippen LogP contribution is -2.56. The van der Waals surface area contributed by atoms with Crippen molar-refractivity contribution < 1.29 is 96.8 Å². The molecule has 0 atom stereocenters. The molecule has 2 amide bonds. The molecule has 2 saturated heterocycles. The number of piperidine rings is 2. The zero-order chi connectivity index (χ0) is 36.5. The minimum Gasteiger partial charge on any atom is -0.336 e. The number of sulfonamides is 4. The highest BCUT2D eigenvalue weighted by Gasteiger charge is 2.61. The first-order valence-corrected chi connectivity index (χ1v) is 17.2. The van der Waals surface area contributed by atoms with Crippen LogP contribution in [0, 0.1) is 0 Å². The van der Waals surface area contributed by atoms with Crippen molar-refractivity contribution in [2.24, 2.45) is 0 Å². The van der Waals surface area contributed by atoms with Gasteiger partial charge in [0.2, 0.25) is 0 Å². The van der Waals surface area contributed by atoms with E-state index in [1.54, 1.807) is 0 Å². The highest BCUT2D eigenvalue weighted by atomic mass is 32.3. The van der Waals surface area contributed by atoms with E-state index in [9.17, 15) is 96.8 Å². The molecular weight excluding hydrogens is 758 g/mol. The van der Waals surface area contributed by atoms with Crippen LogP contribution in [-0.4, -0.2) is 115 Å². The fourth-order valence-corrected chi connectivity index (χ4v) is 7.63. The molecule has 2 rings (SSSR count). The predicted molar refractivity (Wildman–Crippen MR) is 126 cm³/mol. The molecule has 0 bridgehead atoms. The van der Waals surface area contributed by atoms with Gasteiger partial charge in [-0.1, -0.05) is 8.25 Å². The van der Waals surface area contributed by atoms with Crippen molar-refractivity contribution in [1.82, 2.24) is 18.1 Å². The number of halogens is 10. The molecule has 30 heteroatoms. The largest absolute Gasteiger partial charge is 0.512 e. The third kappa shape index (κ3) is 9.22. The summed E-state index contributed by atoms with van der Waals surface area (Å²) in [5.41, 5.74) is -12.3. The smallest absolute Gasteiger partial charge is 0.336 e. The first-order valence-electron chi connectivity index (χ1n) is 11.3. The standard InChI is InChI=1S/2C8H9F5N2O6S2/c2*9-7(10,6(17)15-3-1-5(16)2-4-15)22(18,19)14-23(20,21)8(11,12)13/h2*14H,1-4H2. The van der Waals surface area contributed by atoms with Crippen molar-refractivity contribution in [1.29, 1.82) is 0 Å². The number of ketones is 2. The van der Waals surface area contributed by atoms with Crippen LogP contribution in [0.15, 0.2) is 0 Å². The zero-order valence-corrected chi connectivity index (χ0v) is 25.1. The zero-order valence-electron chi connectivity index (χ0n) is 21.9. The van der Waals surface area contributed by atoms with Gasteiger partial charge in [0.25, 0.3) is 0 Å². The topological polar surface area (TPSA) is 235 Å². The number of alkyl halides is 10. The SMILES string of the molecule is O=C1CCN(C(=O)C(F)(F)S(=O)(=O)NS(=O)(=O)C(F)(F)F)CC1.O=C1CCN(C(=O)C(F)(F)S(=O)(=O)NS(=O)(=O)C(F)(F)F)CC1. The lowest BCUT2D eigenvalue weighted by molar-refractivity contribution is -0.149. The number of Topliss-reactive ketones (excluding diaryl/α,β-unsaturated/α-hetero) is 2. The normalized spacial score (nSPS) is 18.1. The van der Waals surface area contributed by atoms with Gasteiger partial charge in [-0.3, -0.25) is 19.2 Å². The molecule has 0 unspecified atom stereocenters. The summed E-state index contributed by atoms with van der Waals surface area (Å²) in [5.74, 6) is -5.60. The van der Waals surface area contributed by atoms with Gasteiger partial charge in [0.1, 0.15) is 11.6 Å². The van der Waals surface area contributed by atoms with Crippen LogP contribution < -0.4 is 8.25 Å². The molecule has 2 aliphatic heterocycles. The Morgan fingerprint density at radius 3 is 0.891 bits per heavy atom. The van der Waals surface area contributed by atoms with Gasteiger partial charge in [0.15, 0.2) is 0 Å². The molecule has 2 N–H and O–H groups in total. The van der Waals surface area contributed by atoms with E-state index in [1.807, 2.05) is 0 Å². The van der Waals surface area contributed by atoms with E-state index in [2.05, 4.69) is 0 Å². The molecule has 0 saturated carbocycles. The molecule has 0 aromatic heterocycles. The van der Waals surface area contributed by atoms with Gasteiger partial charge in [0.05, 0.1) is 0 Å². The van der Waals surface area contributed by atoms with Crippen molar-refractivity contribution in [3.63, 3.8) is 0 Å². The minimum absolute atomic E-state index is 0.203. The average Bonchev–Trinajstić information content (AvgIpc) is 2.86. The van der Waals surface area contributed by atoms with Crippen LogP contribution in [0.4, 0.5) is 43.9 Å². The molecular formula is C16H18F10N4O12S4. The van der Waals surface area contributed by atoms with Crippen molar-refractivity contribution in [3.05, 3.63) is 0 Å². The summed E-state index contributed by atoms with van der Waals surface area (Å²) >= 11 is 0. The third-order valence-electron chi connectivity index (χ3n) is 5.44. The van der Waals surface area contributed by atoms with Crippen molar-refractivity contribution >= 4 is 63.5 Å². The average molecular weight is 777 g/mol. The molecule has 0 radical (unpaired) electrons. The van der Waals surface area contributed by atoms with E-state index >= 15 is 0 Å². The first-order chi connectivity index (χ1) is 20.2. The molecule has 2 heterocycles. The second-order valence-electron chi connectivity index (χ2n) is 8.77. The quantitative estimate of drug-likeness (QED) is 0.285. The van der Waals surface area contributed by atoms with Crippen LogP contribution in [0.5, 0.6) is 0 Å². The molecule has 0 aliphatic carbocycles. The number of carbonyl (C=O) groups is 4. The summed E-state index contributed by atoms with van der Waals surface area (Å²) in [5, 5.41) is -10.9. The van der Waals surface area contributed by atoms with Gasteiger partial charge in [-0.25, -0.2) is 33.7 Å². The van der Waals surface area contributed by atoms with Gasteiger partial charge < -0.3 is 9.80 Å². The van der Waals surface area contributed by atoms with Crippen LogP contribution in [0.1, 0.15) is 25.7 Å². The second-order valence-corrected chi connectivity index (χ2v) is 16.1. The Kier molecular flexibility index (Phi) is 12.1. The minimum atomic E-state index is -6.65. The van der Waals surface area contributed by atoms with Gasteiger partial charge in [-0.2, -0.15) is 43.9 Å². The van der Waals surface area contributed by atoms with E-state index in [-0.39, 0.29) is 55.3 Å². The molecule has 0 aromatic rings. The Morgan fingerprint density at radius 1 is 0.478 bits per heavy atom. The summed E-state index contributed by atoms with van der Waals surface area (Å²) in [7, 11) is -26.4. The van der Waals surface area contributed by atoms with Gasteiger partial charge in [-0.15, -0.1) is 0 Å². The Morgan fingerprint density at radius 2 is 0.696 bits per heavy atom. The molecule has 16 nitrogen and oxygen atoms in total. The Hall–Kier alpha value is -2.70. The first kappa shape index (κ1) is 41.3. The van der Waals surface area contributed by atoms with Crippen LogP contribution in [0.25, 0.3) is 0 Å². The summed E-state index contributed by atoms with van der Waals surface area (Å²) in [6.45, 7) is -2.24. The monoisotopic (exact) mass is 776 g/mol. The lowest BCUT2D eigenvalue weighted by Gasteiger charge is -2.29. The third-order valence-corrected chi connectivity index (χ3v) is 11.9. The van der Waals surface area contributed by atoms with Crippen molar-refractivity contribution in [3.8, 4) is 0 Å². The molecule has 2 aliphatic rings. The van der Waals surface area contributed by atoms with E-state index < -0.39 is 99.6 Å². The van der Waals surface area contributed by atoms with E-state index in [0.29, 0.717) is 0 Å². The molecule has 46 heavy (non-hydrogen) atoms. The summed E-state index contributed by atoms with van der Waals surface area (Å²) < 4.78 is 214. The van der Waals surface area contributed by atoms with Crippen LogP contribution in [0.2, 0.25) is 0 Å². The number of nitrogens with zero attached hydrogens (tertiary/aromatic N) is 2.